The Bertz CT molecular complexity index is 1300. The Kier molecular flexibility index (Phi) is 8.44. The maximum atomic E-state index is 13.3. The van der Waals surface area contributed by atoms with Gasteiger partial charge >= 0.3 is 6.09 Å². The van der Waals surface area contributed by atoms with Crippen LogP contribution in [0.1, 0.15) is 69.3 Å². The average molecular weight is 552 g/mol. The highest BCUT2D eigenvalue weighted by molar-refractivity contribution is 5.97. The molecule has 5 rings (SSSR count). The topological polar surface area (TPSA) is 104 Å². The van der Waals surface area contributed by atoms with Crippen LogP contribution < -0.4 is 10.9 Å². The summed E-state index contributed by atoms with van der Waals surface area (Å²) in [5.74, 6) is -0.256. The molecule has 0 radical (unpaired) electrons. The Balaban J connectivity index is 1.11. The molecule has 1 N–H and O–H groups in total. The summed E-state index contributed by atoms with van der Waals surface area (Å²) in [4.78, 5) is 56.4. The Hall–Kier alpha value is -3.40. The summed E-state index contributed by atoms with van der Waals surface area (Å²) in [7, 11) is 0. The number of nitrogens with zero attached hydrogens (tertiary/aromatic N) is 4. The van der Waals surface area contributed by atoms with Crippen LogP contribution in [0, 0.1) is 0 Å². The van der Waals surface area contributed by atoms with E-state index in [1.54, 1.807) is 27.4 Å². The Morgan fingerprint density at radius 3 is 2.30 bits per heavy atom. The second-order valence-electron chi connectivity index (χ2n) is 11.6. The number of ether oxygens (including phenoxy) is 1. The first kappa shape index (κ1) is 28.1. The van der Waals surface area contributed by atoms with E-state index in [2.05, 4.69) is 10.2 Å². The zero-order chi connectivity index (χ0) is 28.4. The van der Waals surface area contributed by atoms with Gasteiger partial charge in [0.15, 0.2) is 0 Å². The molecule has 0 saturated carbocycles. The molecule has 10 nitrogen and oxygen atoms in total. The molecule has 4 heterocycles. The van der Waals surface area contributed by atoms with Gasteiger partial charge < -0.3 is 24.4 Å². The van der Waals surface area contributed by atoms with E-state index in [-0.39, 0.29) is 41.1 Å². The highest BCUT2D eigenvalue weighted by atomic mass is 16.6. The summed E-state index contributed by atoms with van der Waals surface area (Å²) in [6.07, 6.45) is 4.34. The third-order valence-electron chi connectivity index (χ3n) is 8.70. The minimum absolute atomic E-state index is 0.0334. The van der Waals surface area contributed by atoms with Gasteiger partial charge in [0.1, 0.15) is 5.56 Å². The van der Waals surface area contributed by atoms with E-state index in [1.165, 1.54) is 0 Å². The van der Waals surface area contributed by atoms with Crippen LogP contribution >= 0.6 is 0 Å². The zero-order valence-corrected chi connectivity index (χ0v) is 23.8. The number of piperazine rings is 1. The molecule has 10 heteroatoms. The fourth-order valence-corrected chi connectivity index (χ4v) is 6.68. The van der Waals surface area contributed by atoms with E-state index < -0.39 is 0 Å². The number of carbonyl (C=O) groups is 3. The minimum atomic E-state index is -0.308. The summed E-state index contributed by atoms with van der Waals surface area (Å²) in [6, 6.07) is 10.1. The van der Waals surface area contributed by atoms with Gasteiger partial charge in [-0.05, 0) is 63.5 Å². The van der Waals surface area contributed by atoms with Crippen molar-refractivity contribution >= 4 is 28.8 Å². The first-order valence-corrected chi connectivity index (χ1v) is 14.6. The van der Waals surface area contributed by atoms with Gasteiger partial charge in [-0.15, -0.1) is 0 Å². The SMILES string of the molecule is CC(=O)N1CCN(C(=O)OCCCN2[C@@H]3CC[C@H]2CC(NC(=O)c2cc4ccccc4n(C(C)C)c2=O)C3)CC1. The van der Waals surface area contributed by atoms with Crippen LogP contribution in [0.2, 0.25) is 0 Å². The van der Waals surface area contributed by atoms with E-state index >= 15 is 0 Å². The van der Waals surface area contributed by atoms with Gasteiger partial charge in [0.05, 0.1) is 12.1 Å². The minimum Gasteiger partial charge on any atom is -0.449 e. The largest absolute Gasteiger partial charge is 0.449 e. The standard InChI is InChI=1S/C30H41N5O5/c1-20(2)35-27-8-5-4-7-22(27)17-26(29(35)38)28(37)31-23-18-24-9-10-25(19-23)34(24)11-6-16-40-30(39)33-14-12-32(13-15-33)21(3)36/h4-5,7-8,17,20,23-25H,6,9-16,18-19H2,1-3H3,(H,31,37)/t23?,24-,25+. The number of piperidine rings is 1. The van der Waals surface area contributed by atoms with Gasteiger partial charge in [0, 0.05) is 63.8 Å². The molecular weight excluding hydrogens is 510 g/mol. The van der Waals surface area contributed by atoms with E-state index in [9.17, 15) is 19.2 Å². The van der Waals surface area contributed by atoms with Crippen molar-refractivity contribution in [2.45, 2.75) is 77.0 Å². The molecule has 3 saturated heterocycles. The lowest BCUT2D eigenvalue weighted by atomic mass is 9.96. The van der Waals surface area contributed by atoms with E-state index in [1.807, 2.05) is 38.1 Å². The second kappa shape index (κ2) is 12.0. The zero-order valence-electron chi connectivity index (χ0n) is 23.8. The van der Waals surface area contributed by atoms with Gasteiger partial charge in [-0.25, -0.2) is 4.79 Å². The number of benzene rings is 1. The maximum absolute atomic E-state index is 13.3. The van der Waals surface area contributed by atoms with Crippen molar-refractivity contribution in [3.8, 4) is 0 Å². The van der Waals surface area contributed by atoms with Crippen molar-refractivity contribution in [2.24, 2.45) is 0 Å². The molecule has 3 atom stereocenters. The van der Waals surface area contributed by atoms with Crippen molar-refractivity contribution < 1.29 is 19.1 Å². The lowest BCUT2D eigenvalue weighted by Crippen LogP contribution is -2.51. The van der Waals surface area contributed by atoms with Gasteiger partial charge in [0.2, 0.25) is 5.91 Å². The predicted octanol–water partition coefficient (Wildman–Crippen LogP) is 3.00. The van der Waals surface area contributed by atoms with Crippen LogP contribution in [0.3, 0.4) is 0 Å². The molecule has 3 fully saturated rings. The number of amides is 3. The molecule has 1 unspecified atom stereocenters. The molecule has 40 heavy (non-hydrogen) atoms. The van der Waals surface area contributed by atoms with Crippen LogP contribution in [-0.2, 0) is 9.53 Å². The van der Waals surface area contributed by atoms with Crippen molar-refractivity contribution in [3.63, 3.8) is 0 Å². The number of para-hydroxylation sites is 1. The molecule has 0 aliphatic carbocycles. The van der Waals surface area contributed by atoms with E-state index in [0.29, 0.717) is 44.9 Å². The first-order valence-electron chi connectivity index (χ1n) is 14.6. The molecule has 1 aromatic heterocycles. The predicted molar refractivity (Wildman–Crippen MR) is 152 cm³/mol. The van der Waals surface area contributed by atoms with Crippen LogP contribution in [0.5, 0.6) is 0 Å². The Morgan fingerprint density at radius 1 is 1.00 bits per heavy atom. The average Bonchev–Trinajstić information content (AvgIpc) is 3.17. The number of hydrogen-bond donors (Lipinski definition) is 1. The Labute approximate surface area is 235 Å². The van der Waals surface area contributed by atoms with Gasteiger partial charge in [-0.2, -0.15) is 0 Å². The maximum Gasteiger partial charge on any atom is 0.409 e. The number of fused-ring (bicyclic) bond motifs is 3. The fraction of sp³-hybridized carbons (Fsp3) is 0.600. The van der Waals surface area contributed by atoms with Crippen LogP contribution in [-0.4, -0.2) is 94.6 Å². The van der Waals surface area contributed by atoms with Crippen LogP contribution in [0.15, 0.2) is 35.1 Å². The quantitative estimate of drug-likeness (QED) is 0.531. The van der Waals surface area contributed by atoms with Gasteiger partial charge in [-0.1, -0.05) is 18.2 Å². The number of carbonyl (C=O) groups excluding carboxylic acids is 3. The normalized spacial score (nSPS) is 23.1. The summed E-state index contributed by atoms with van der Waals surface area (Å²) in [6.45, 7) is 8.80. The van der Waals surface area contributed by atoms with Crippen molar-refractivity contribution in [1.29, 1.82) is 0 Å². The molecule has 216 valence electrons. The van der Waals surface area contributed by atoms with Crippen molar-refractivity contribution in [2.75, 3.05) is 39.3 Å². The molecular formula is C30H41N5O5. The third-order valence-corrected chi connectivity index (χ3v) is 8.70. The smallest absolute Gasteiger partial charge is 0.409 e. The molecule has 1 aromatic carbocycles. The van der Waals surface area contributed by atoms with Gasteiger partial charge in [0.25, 0.3) is 11.5 Å². The monoisotopic (exact) mass is 551 g/mol. The van der Waals surface area contributed by atoms with E-state index in [4.69, 9.17) is 4.74 Å². The third kappa shape index (κ3) is 5.87. The fourth-order valence-electron chi connectivity index (χ4n) is 6.68. The lowest BCUT2D eigenvalue weighted by molar-refractivity contribution is -0.130. The highest BCUT2D eigenvalue weighted by Crippen LogP contribution is 2.36. The highest BCUT2D eigenvalue weighted by Gasteiger charge is 2.41. The molecule has 3 aliphatic heterocycles. The molecule has 0 spiro atoms. The van der Waals surface area contributed by atoms with Crippen molar-refractivity contribution in [3.05, 3.63) is 46.2 Å². The lowest BCUT2D eigenvalue weighted by Gasteiger charge is -2.39. The van der Waals surface area contributed by atoms with Crippen LogP contribution in [0.4, 0.5) is 4.79 Å². The molecule has 3 amide bonds. The summed E-state index contributed by atoms with van der Waals surface area (Å²) < 4.78 is 7.22. The number of rotatable bonds is 7. The molecule has 2 aromatic rings. The van der Waals surface area contributed by atoms with E-state index in [0.717, 1.165) is 49.6 Å². The second-order valence-corrected chi connectivity index (χ2v) is 11.6. The Morgan fingerprint density at radius 2 is 1.65 bits per heavy atom. The molecule has 2 bridgehead atoms. The summed E-state index contributed by atoms with van der Waals surface area (Å²) in [5.41, 5.74) is 0.792. The van der Waals surface area contributed by atoms with Gasteiger partial charge in [-0.3, -0.25) is 19.3 Å². The first-order chi connectivity index (χ1) is 19.2. The number of aromatic nitrogens is 1. The number of hydrogen-bond acceptors (Lipinski definition) is 6. The summed E-state index contributed by atoms with van der Waals surface area (Å²) in [5, 5.41) is 4.06. The molecule has 3 aliphatic rings. The van der Waals surface area contributed by atoms with Crippen LogP contribution in [0.25, 0.3) is 10.9 Å². The summed E-state index contributed by atoms with van der Waals surface area (Å²) >= 11 is 0. The number of nitrogens with one attached hydrogen (secondary N) is 1. The van der Waals surface area contributed by atoms with Crippen molar-refractivity contribution in [1.82, 2.24) is 24.6 Å². The number of pyridine rings is 1.